The number of hydrogen-bond acceptors (Lipinski definition) is 5. The Morgan fingerprint density at radius 2 is 1.67 bits per heavy atom. The molecule has 0 spiro atoms. The lowest BCUT2D eigenvalue weighted by Crippen LogP contribution is -2.31. The van der Waals surface area contributed by atoms with Crippen molar-refractivity contribution >= 4 is 28.9 Å². The van der Waals surface area contributed by atoms with Gasteiger partial charge >= 0.3 is 12.4 Å². The summed E-state index contributed by atoms with van der Waals surface area (Å²) in [6, 6.07) is 6.46. The number of nitro groups is 1. The monoisotopic (exact) mass is 493 g/mol. The number of amides is 1. The van der Waals surface area contributed by atoms with Gasteiger partial charge in [-0.05, 0) is 36.4 Å². The molecule has 0 saturated carbocycles. The van der Waals surface area contributed by atoms with E-state index in [2.05, 4.69) is 5.10 Å². The number of nitrogens with zero attached hydrogens (tertiary/aromatic N) is 3. The average Bonchev–Trinajstić information content (AvgIpc) is 3.17. The highest BCUT2D eigenvalue weighted by molar-refractivity contribution is 6.30. The highest BCUT2D eigenvalue weighted by Gasteiger charge is 2.41. The Balaban J connectivity index is 1.91. The number of anilines is 1. The van der Waals surface area contributed by atoms with Crippen LogP contribution >= 0.6 is 11.6 Å². The van der Waals surface area contributed by atoms with Gasteiger partial charge < -0.3 is 0 Å². The molecule has 0 fully saturated rings. The number of carbonyl (C=O) groups is 1. The predicted octanol–water partition coefficient (Wildman–Crippen LogP) is 5.23. The second kappa shape index (κ2) is 8.61. The second-order valence-electron chi connectivity index (χ2n) is 6.36. The van der Waals surface area contributed by atoms with Crippen LogP contribution in [0.4, 0.5) is 37.7 Å². The first-order chi connectivity index (χ1) is 15.3. The average molecular weight is 494 g/mol. The Morgan fingerprint density at radius 1 is 1.03 bits per heavy atom. The molecule has 0 saturated heterocycles. The van der Waals surface area contributed by atoms with E-state index in [-0.39, 0.29) is 16.8 Å². The third-order valence-electron chi connectivity index (χ3n) is 4.19. The van der Waals surface area contributed by atoms with Gasteiger partial charge in [-0.25, -0.2) is 4.68 Å². The molecular formula is C18H10ClF6N5O3. The van der Waals surface area contributed by atoms with E-state index in [0.717, 1.165) is 0 Å². The van der Waals surface area contributed by atoms with Gasteiger partial charge in [-0.15, -0.1) is 0 Å². The van der Waals surface area contributed by atoms with E-state index in [4.69, 9.17) is 11.6 Å². The first-order valence-corrected chi connectivity index (χ1v) is 9.00. The normalized spacial score (nSPS) is 11.8. The predicted molar refractivity (Wildman–Crippen MR) is 103 cm³/mol. The van der Waals surface area contributed by atoms with Crippen molar-refractivity contribution in [1.29, 1.82) is 0 Å². The quantitative estimate of drug-likeness (QED) is 0.288. The number of halogens is 7. The summed E-state index contributed by atoms with van der Waals surface area (Å²) in [6.45, 7) is 0. The van der Waals surface area contributed by atoms with Crippen LogP contribution < -0.4 is 10.9 Å². The molecule has 0 unspecified atom stereocenters. The summed E-state index contributed by atoms with van der Waals surface area (Å²) in [5.41, 5.74) is -1.64. The number of carbonyl (C=O) groups excluding carboxylic acids is 1. The highest BCUT2D eigenvalue weighted by Crippen LogP contribution is 2.36. The Bertz CT molecular complexity index is 1210. The van der Waals surface area contributed by atoms with Crippen molar-refractivity contribution < 1.29 is 36.1 Å². The summed E-state index contributed by atoms with van der Waals surface area (Å²) in [5, 5.41) is 14.9. The van der Waals surface area contributed by atoms with Crippen LogP contribution in [-0.4, -0.2) is 20.6 Å². The van der Waals surface area contributed by atoms with Crippen molar-refractivity contribution in [3.63, 3.8) is 0 Å². The Kier molecular flexibility index (Phi) is 6.22. The lowest BCUT2D eigenvalue weighted by atomic mass is 10.1. The minimum Gasteiger partial charge on any atom is -0.292 e. The SMILES string of the molecule is O=C(NNc1ccc(C(F)(F)F)cc1[N+](=O)[O-])c1cnn(-c2ccc(Cl)cc2)c1C(F)(F)F. The minimum absolute atomic E-state index is 0.0582. The van der Waals surface area contributed by atoms with Crippen LogP contribution in [0.1, 0.15) is 21.6 Å². The largest absolute Gasteiger partial charge is 0.434 e. The molecule has 1 amide bonds. The molecule has 2 aromatic carbocycles. The first-order valence-electron chi connectivity index (χ1n) is 8.62. The summed E-state index contributed by atoms with van der Waals surface area (Å²) in [4.78, 5) is 22.3. The van der Waals surface area contributed by atoms with Gasteiger partial charge in [0.05, 0.1) is 27.9 Å². The molecule has 33 heavy (non-hydrogen) atoms. The topological polar surface area (TPSA) is 102 Å². The number of hydrazine groups is 1. The fourth-order valence-corrected chi connectivity index (χ4v) is 2.85. The summed E-state index contributed by atoms with van der Waals surface area (Å²) >= 11 is 5.72. The van der Waals surface area contributed by atoms with Crippen LogP contribution in [0.2, 0.25) is 5.02 Å². The van der Waals surface area contributed by atoms with Gasteiger partial charge in [-0.1, -0.05) is 11.6 Å². The molecule has 0 aliphatic heterocycles. The number of aromatic nitrogens is 2. The van der Waals surface area contributed by atoms with Crippen LogP contribution in [-0.2, 0) is 12.4 Å². The van der Waals surface area contributed by atoms with Crippen molar-refractivity contribution in [2.75, 3.05) is 5.43 Å². The van der Waals surface area contributed by atoms with E-state index in [0.29, 0.717) is 23.0 Å². The number of nitro benzene ring substituents is 1. The number of hydrogen-bond donors (Lipinski definition) is 2. The van der Waals surface area contributed by atoms with Gasteiger partial charge in [0.15, 0.2) is 5.69 Å². The molecule has 15 heteroatoms. The van der Waals surface area contributed by atoms with E-state index in [9.17, 15) is 41.3 Å². The summed E-state index contributed by atoms with van der Waals surface area (Å²) < 4.78 is 79.8. The molecule has 0 radical (unpaired) electrons. The van der Waals surface area contributed by atoms with E-state index in [1.165, 1.54) is 24.3 Å². The maximum atomic E-state index is 13.7. The molecule has 0 atom stereocenters. The smallest absolute Gasteiger partial charge is 0.292 e. The fraction of sp³-hybridized carbons (Fsp3) is 0.111. The summed E-state index contributed by atoms with van der Waals surface area (Å²) in [7, 11) is 0. The van der Waals surface area contributed by atoms with E-state index < -0.39 is 51.4 Å². The number of rotatable bonds is 5. The van der Waals surface area contributed by atoms with Crippen molar-refractivity contribution in [2.24, 2.45) is 0 Å². The van der Waals surface area contributed by atoms with Gasteiger partial charge in [0.25, 0.3) is 11.6 Å². The van der Waals surface area contributed by atoms with Crippen molar-refractivity contribution in [1.82, 2.24) is 15.2 Å². The van der Waals surface area contributed by atoms with Gasteiger partial charge in [0, 0.05) is 11.1 Å². The molecule has 1 aromatic heterocycles. The molecule has 3 rings (SSSR count). The molecule has 0 aliphatic carbocycles. The molecule has 174 valence electrons. The summed E-state index contributed by atoms with van der Waals surface area (Å²) in [6.07, 6.45) is -9.29. The highest BCUT2D eigenvalue weighted by atomic mass is 35.5. The van der Waals surface area contributed by atoms with Crippen LogP contribution in [0.3, 0.4) is 0 Å². The minimum atomic E-state index is -5.04. The molecule has 1 heterocycles. The molecule has 0 bridgehead atoms. The number of alkyl halides is 6. The van der Waals surface area contributed by atoms with Gasteiger partial charge in [-0.3, -0.25) is 25.8 Å². The first kappa shape index (κ1) is 23.8. The van der Waals surface area contributed by atoms with Crippen molar-refractivity contribution in [3.8, 4) is 5.69 Å². The van der Waals surface area contributed by atoms with Crippen LogP contribution in [0.15, 0.2) is 48.7 Å². The van der Waals surface area contributed by atoms with E-state index in [1.807, 2.05) is 5.43 Å². The molecular weight excluding hydrogens is 484 g/mol. The zero-order valence-corrected chi connectivity index (χ0v) is 16.6. The fourth-order valence-electron chi connectivity index (χ4n) is 2.72. The maximum absolute atomic E-state index is 13.7. The number of benzene rings is 2. The van der Waals surface area contributed by atoms with E-state index in [1.54, 1.807) is 5.43 Å². The third kappa shape index (κ3) is 5.16. The third-order valence-corrected chi connectivity index (χ3v) is 4.44. The standard InChI is InChI=1S/C18H10ClF6N5O3/c19-10-2-4-11(5-3-10)29-15(18(23,24)25)12(8-26-29)16(31)28-27-13-6-1-9(17(20,21)22)7-14(13)30(32)33/h1-8,27H,(H,28,31). The Morgan fingerprint density at radius 3 is 2.21 bits per heavy atom. The summed E-state index contributed by atoms with van der Waals surface area (Å²) in [5.74, 6) is -1.39. The lowest BCUT2D eigenvalue weighted by Gasteiger charge is -2.14. The van der Waals surface area contributed by atoms with Crippen LogP contribution in [0.5, 0.6) is 0 Å². The zero-order valence-electron chi connectivity index (χ0n) is 15.8. The van der Waals surface area contributed by atoms with Gasteiger partial charge in [0.1, 0.15) is 5.69 Å². The van der Waals surface area contributed by atoms with E-state index >= 15 is 0 Å². The Labute approximate surface area is 184 Å². The molecule has 3 aromatic rings. The lowest BCUT2D eigenvalue weighted by molar-refractivity contribution is -0.384. The molecule has 2 N–H and O–H groups in total. The van der Waals surface area contributed by atoms with Crippen LogP contribution in [0, 0.1) is 10.1 Å². The zero-order chi connectivity index (χ0) is 24.6. The van der Waals surface area contributed by atoms with Gasteiger partial charge in [0.2, 0.25) is 0 Å². The second-order valence-corrected chi connectivity index (χ2v) is 6.80. The number of nitrogens with one attached hydrogen (secondary N) is 2. The molecule has 0 aliphatic rings. The van der Waals surface area contributed by atoms with Crippen molar-refractivity contribution in [2.45, 2.75) is 12.4 Å². The maximum Gasteiger partial charge on any atom is 0.434 e. The van der Waals surface area contributed by atoms with Gasteiger partial charge in [-0.2, -0.15) is 31.4 Å². The molecule has 8 nitrogen and oxygen atoms in total. The van der Waals surface area contributed by atoms with Crippen molar-refractivity contribution in [3.05, 3.63) is 80.6 Å². The Hall–Kier alpha value is -3.81. The van der Waals surface area contributed by atoms with Crippen LogP contribution in [0.25, 0.3) is 5.69 Å².